The van der Waals surface area contributed by atoms with Gasteiger partial charge in [-0.05, 0) is 89.8 Å². The Morgan fingerprint density at radius 3 is 1.62 bits per heavy atom. The summed E-state index contributed by atoms with van der Waals surface area (Å²) in [5, 5.41) is 17.9. The van der Waals surface area contributed by atoms with Crippen LogP contribution in [-0.2, 0) is 28.9 Å². The predicted molar refractivity (Wildman–Crippen MR) is 180 cm³/mol. The quantitative estimate of drug-likeness (QED) is 0.0825. The first kappa shape index (κ1) is 33.8. The van der Waals surface area contributed by atoms with Crippen molar-refractivity contribution in [3.63, 3.8) is 0 Å². The van der Waals surface area contributed by atoms with Gasteiger partial charge in [-0.15, -0.1) is 23.5 Å². The zero-order chi connectivity index (χ0) is 32.0. The number of carbonyl (C=O) groups is 2. The van der Waals surface area contributed by atoms with Crippen molar-refractivity contribution in [1.82, 2.24) is 0 Å². The van der Waals surface area contributed by atoms with Crippen LogP contribution in [0.4, 0.5) is 0 Å². The molecule has 0 unspecified atom stereocenters. The first-order chi connectivity index (χ1) is 21.8. The molecule has 4 aromatic carbocycles. The lowest BCUT2D eigenvalue weighted by Gasteiger charge is -2.11. The van der Waals surface area contributed by atoms with Crippen LogP contribution in [0.15, 0.2) is 94.7 Å². The van der Waals surface area contributed by atoms with E-state index >= 15 is 0 Å². The minimum Gasteiger partial charge on any atom is -0.496 e. The molecule has 0 atom stereocenters. The molecule has 9 heteroatoms. The highest BCUT2D eigenvalue weighted by Crippen LogP contribution is 2.33. The van der Waals surface area contributed by atoms with Crippen LogP contribution in [-0.4, -0.2) is 54.5 Å². The van der Waals surface area contributed by atoms with Gasteiger partial charge in [0.05, 0.1) is 20.6 Å². The molecule has 7 nitrogen and oxygen atoms in total. The van der Waals surface area contributed by atoms with Gasteiger partial charge in [-0.2, -0.15) is 0 Å². The molecule has 2 N–H and O–H groups in total. The number of ether oxygens (including phenoxy) is 3. The lowest BCUT2D eigenvalue weighted by atomic mass is 10.0. The van der Waals surface area contributed by atoms with Crippen molar-refractivity contribution in [1.29, 1.82) is 0 Å². The van der Waals surface area contributed by atoms with Crippen LogP contribution in [0.2, 0.25) is 0 Å². The van der Waals surface area contributed by atoms with E-state index in [9.17, 15) is 9.59 Å². The molecular weight excluding hydrogens is 609 g/mol. The van der Waals surface area contributed by atoms with Crippen molar-refractivity contribution < 1.29 is 34.0 Å². The largest absolute Gasteiger partial charge is 0.496 e. The zero-order valence-electron chi connectivity index (χ0n) is 25.5. The van der Waals surface area contributed by atoms with E-state index in [-0.39, 0.29) is 6.42 Å². The first-order valence-electron chi connectivity index (χ1n) is 14.7. The maximum Gasteiger partial charge on any atom is 0.341 e. The Kier molecular flexibility index (Phi) is 13.1. The summed E-state index contributed by atoms with van der Waals surface area (Å²) >= 11 is 3.49. The third-order valence-corrected chi connectivity index (χ3v) is 9.24. The Labute approximate surface area is 272 Å². The maximum absolute atomic E-state index is 11.0. The maximum atomic E-state index is 11.0. The number of benzene rings is 4. The van der Waals surface area contributed by atoms with Gasteiger partial charge in [-0.25, -0.2) is 4.79 Å². The van der Waals surface area contributed by atoms with Gasteiger partial charge in [0.2, 0.25) is 0 Å². The molecule has 0 bridgehead atoms. The molecule has 0 heterocycles. The van der Waals surface area contributed by atoms with Gasteiger partial charge in [0, 0.05) is 15.4 Å². The molecule has 0 aliphatic heterocycles. The molecule has 0 spiro atoms. The minimum atomic E-state index is -1.03. The zero-order valence-corrected chi connectivity index (χ0v) is 27.1. The Morgan fingerprint density at radius 2 is 1.13 bits per heavy atom. The van der Waals surface area contributed by atoms with Gasteiger partial charge in [0.15, 0.2) is 18.1 Å². The highest BCUT2D eigenvalue weighted by Gasteiger charge is 2.10. The first-order valence-corrected chi connectivity index (χ1v) is 16.7. The van der Waals surface area contributed by atoms with Crippen LogP contribution in [0, 0.1) is 0 Å². The summed E-state index contributed by atoms with van der Waals surface area (Å²) in [6.45, 7) is -0.402. The van der Waals surface area contributed by atoms with Crippen LogP contribution in [0.1, 0.15) is 29.5 Å². The van der Waals surface area contributed by atoms with Crippen LogP contribution < -0.4 is 14.2 Å². The number of aryl methyl sites for hydroxylation is 2. The Balaban J connectivity index is 1.18. The summed E-state index contributed by atoms with van der Waals surface area (Å²) in [4.78, 5) is 23.9. The Bertz CT molecular complexity index is 1550. The number of aliphatic carboxylic acids is 2. The summed E-state index contributed by atoms with van der Waals surface area (Å²) in [6.07, 6.45) is 4.00. The van der Waals surface area contributed by atoms with E-state index in [1.54, 1.807) is 43.8 Å². The second kappa shape index (κ2) is 17.4. The van der Waals surface area contributed by atoms with Gasteiger partial charge >= 0.3 is 11.9 Å². The van der Waals surface area contributed by atoms with E-state index in [4.69, 9.17) is 24.4 Å². The number of methoxy groups -OCH3 is 2. The highest BCUT2D eigenvalue weighted by atomic mass is 32.2. The summed E-state index contributed by atoms with van der Waals surface area (Å²) in [6, 6.07) is 28.8. The predicted octanol–water partition coefficient (Wildman–Crippen LogP) is 7.91. The molecule has 0 radical (unpaired) electrons. The molecule has 4 rings (SSSR count). The van der Waals surface area contributed by atoms with E-state index in [1.807, 2.05) is 30.3 Å². The molecule has 0 saturated heterocycles. The fraction of sp³-hybridized carbons (Fsp3) is 0.278. The summed E-state index contributed by atoms with van der Waals surface area (Å²) in [7, 11) is 3.12. The molecule has 0 aliphatic carbocycles. The van der Waals surface area contributed by atoms with E-state index in [1.165, 1.54) is 22.3 Å². The number of rotatable bonds is 18. The van der Waals surface area contributed by atoms with E-state index < -0.39 is 18.5 Å². The number of carboxylic acid groups (broad SMARTS) is 2. The summed E-state index contributed by atoms with van der Waals surface area (Å²) in [5.41, 5.74) is 5.70. The lowest BCUT2D eigenvalue weighted by Crippen LogP contribution is -2.10. The van der Waals surface area contributed by atoms with Crippen molar-refractivity contribution in [2.75, 3.05) is 32.3 Å². The van der Waals surface area contributed by atoms with Gasteiger partial charge in [0.25, 0.3) is 0 Å². The van der Waals surface area contributed by atoms with Gasteiger partial charge < -0.3 is 24.4 Å². The number of hydrogen-bond donors (Lipinski definition) is 2. The van der Waals surface area contributed by atoms with Crippen molar-refractivity contribution in [2.45, 2.75) is 41.9 Å². The third kappa shape index (κ3) is 10.8. The summed E-state index contributed by atoms with van der Waals surface area (Å²) < 4.78 is 16.0. The van der Waals surface area contributed by atoms with Gasteiger partial charge in [-0.1, -0.05) is 54.6 Å². The van der Waals surface area contributed by atoms with Crippen molar-refractivity contribution in [2.24, 2.45) is 0 Å². The number of carboxylic acids is 2. The molecule has 236 valence electrons. The van der Waals surface area contributed by atoms with Crippen LogP contribution in [0.5, 0.6) is 17.2 Å². The van der Waals surface area contributed by atoms with Crippen molar-refractivity contribution >= 4 is 35.5 Å². The van der Waals surface area contributed by atoms with E-state index in [0.29, 0.717) is 22.8 Å². The molecule has 0 aromatic heterocycles. The number of thioether (sulfide) groups is 2. The average Bonchev–Trinajstić information content (AvgIpc) is 3.05. The van der Waals surface area contributed by atoms with Gasteiger partial charge in [0.1, 0.15) is 5.75 Å². The number of hydrogen-bond acceptors (Lipinski definition) is 7. The average molecular weight is 647 g/mol. The van der Waals surface area contributed by atoms with Gasteiger partial charge in [-0.3, -0.25) is 4.79 Å². The fourth-order valence-electron chi connectivity index (χ4n) is 4.78. The minimum absolute atomic E-state index is 0.0430. The molecule has 45 heavy (non-hydrogen) atoms. The molecule has 0 aliphatic rings. The molecular formula is C36H38O7S2. The SMILES string of the molecule is COc1cc(SCCCc2ccc(-c3ccc(CCCSc4ccc(OCC(=O)O)c(OC)c4)cc3)cc2)ccc1CC(=O)O. The molecule has 0 saturated carbocycles. The topological polar surface area (TPSA) is 102 Å². The van der Waals surface area contributed by atoms with Crippen molar-refractivity contribution in [3.05, 3.63) is 102 Å². The second-order valence-electron chi connectivity index (χ2n) is 10.3. The Hall–Kier alpha value is -4.08. The highest BCUT2D eigenvalue weighted by molar-refractivity contribution is 7.99. The van der Waals surface area contributed by atoms with E-state index in [2.05, 4.69) is 48.5 Å². The Morgan fingerprint density at radius 1 is 0.622 bits per heavy atom. The monoisotopic (exact) mass is 646 g/mol. The standard InChI is InChI=1S/C36H38O7S2/c1-41-33-22-30(16-15-29(33)21-35(37)38)44-19-3-5-25-7-11-27(12-8-25)28-13-9-26(10-14-28)6-4-20-45-31-17-18-32(34(23-31)42-2)43-24-36(39)40/h7-18,22-23H,3-6,19-21,24H2,1-2H3,(H,37,38)(H,39,40). The van der Waals surface area contributed by atoms with Crippen LogP contribution >= 0.6 is 23.5 Å². The summed E-state index contributed by atoms with van der Waals surface area (Å²) in [5.74, 6) is 1.61. The molecule has 4 aromatic rings. The smallest absolute Gasteiger partial charge is 0.341 e. The lowest BCUT2D eigenvalue weighted by molar-refractivity contribution is -0.139. The molecule has 0 amide bonds. The normalized spacial score (nSPS) is 10.8. The third-order valence-electron chi connectivity index (χ3n) is 7.08. The fourth-order valence-corrected chi connectivity index (χ4v) is 6.54. The van der Waals surface area contributed by atoms with E-state index in [0.717, 1.165) is 47.0 Å². The van der Waals surface area contributed by atoms with Crippen LogP contribution in [0.25, 0.3) is 11.1 Å². The van der Waals surface area contributed by atoms with Crippen molar-refractivity contribution in [3.8, 4) is 28.4 Å². The van der Waals surface area contributed by atoms with Crippen LogP contribution in [0.3, 0.4) is 0 Å². The molecule has 0 fully saturated rings. The second-order valence-corrected chi connectivity index (χ2v) is 12.7.